The van der Waals surface area contributed by atoms with Gasteiger partial charge in [-0.1, -0.05) is 37.3 Å². The zero-order valence-electron chi connectivity index (χ0n) is 18.1. The zero-order valence-corrected chi connectivity index (χ0v) is 18.1. The smallest absolute Gasteiger partial charge is 0.410 e. The monoisotopic (exact) mass is 402 g/mol. The van der Waals surface area contributed by atoms with E-state index in [0.29, 0.717) is 38.8 Å². The van der Waals surface area contributed by atoms with Crippen LogP contribution in [0.25, 0.3) is 0 Å². The lowest BCUT2D eigenvalue weighted by atomic mass is 10.2. The van der Waals surface area contributed by atoms with E-state index in [1.165, 1.54) is 5.56 Å². The second-order valence-corrected chi connectivity index (χ2v) is 8.92. The molecule has 2 aliphatic rings. The van der Waals surface area contributed by atoms with Gasteiger partial charge in [0.1, 0.15) is 5.60 Å². The number of rotatable bonds is 6. The Morgan fingerprint density at radius 2 is 2.03 bits per heavy atom. The molecule has 7 heteroatoms. The van der Waals surface area contributed by atoms with Gasteiger partial charge in [-0.15, -0.1) is 0 Å². The average molecular weight is 403 g/mol. The molecule has 0 radical (unpaired) electrons. The Balaban J connectivity index is 1.37. The minimum atomic E-state index is -0.466. The van der Waals surface area contributed by atoms with Gasteiger partial charge in [0.15, 0.2) is 5.96 Å². The number of fused-ring (bicyclic) bond motifs is 1. The molecule has 1 aromatic rings. The standard InChI is InChI=1S/C22H34N4O3/c1-17(15-28-16-18-8-6-5-7-9-18)12-23-20-24-13-19-14-25(10-11-26(19)20)21(27)29-22(2,3)4/h5-9,17,19H,10-16H2,1-4H3,(H,23,24). The van der Waals surface area contributed by atoms with Crippen LogP contribution >= 0.6 is 0 Å². The fourth-order valence-corrected chi connectivity index (χ4v) is 3.50. The number of hydrogen-bond donors (Lipinski definition) is 1. The lowest BCUT2D eigenvalue weighted by Crippen LogP contribution is -2.57. The van der Waals surface area contributed by atoms with E-state index >= 15 is 0 Å². The third kappa shape index (κ3) is 6.35. The fraction of sp³-hybridized carbons (Fsp3) is 0.636. The molecule has 0 spiro atoms. The molecule has 3 rings (SSSR count). The van der Waals surface area contributed by atoms with E-state index in [-0.39, 0.29) is 12.1 Å². The Bertz CT molecular complexity index is 702. The van der Waals surface area contributed by atoms with Crippen molar-refractivity contribution >= 4 is 12.1 Å². The van der Waals surface area contributed by atoms with E-state index < -0.39 is 5.60 Å². The highest BCUT2D eigenvalue weighted by atomic mass is 16.6. The highest BCUT2D eigenvalue weighted by Crippen LogP contribution is 2.18. The minimum absolute atomic E-state index is 0.225. The summed E-state index contributed by atoms with van der Waals surface area (Å²) in [5.41, 5.74) is 0.727. The van der Waals surface area contributed by atoms with Gasteiger partial charge in [0.2, 0.25) is 0 Å². The van der Waals surface area contributed by atoms with Crippen LogP contribution in [0.2, 0.25) is 0 Å². The molecular weight excluding hydrogens is 368 g/mol. The van der Waals surface area contributed by atoms with E-state index in [0.717, 1.165) is 19.0 Å². The first-order valence-corrected chi connectivity index (χ1v) is 10.5. The fourth-order valence-electron chi connectivity index (χ4n) is 3.50. The van der Waals surface area contributed by atoms with Crippen LogP contribution in [0.5, 0.6) is 0 Å². The highest BCUT2D eigenvalue weighted by Gasteiger charge is 2.36. The van der Waals surface area contributed by atoms with E-state index in [4.69, 9.17) is 9.47 Å². The molecule has 2 unspecified atom stereocenters. The van der Waals surface area contributed by atoms with Crippen LogP contribution in [-0.4, -0.2) is 72.8 Å². The van der Waals surface area contributed by atoms with Crippen molar-refractivity contribution < 1.29 is 14.3 Å². The summed E-state index contributed by atoms with van der Waals surface area (Å²) >= 11 is 0. The van der Waals surface area contributed by atoms with Gasteiger partial charge in [0.05, 0.1) is 25.8 Å². The largest absolute Gasteiger partial charge is 0.444 e. The third-order valence-corrected chi connectivity index (χ3v) is 4.98. The number of aliphatic imine (C=N–C) groups is 1. The topological polar surface area (TPSA) is 66.4 Å². The predicted molar refractivity (Wildman–Crippen MR) is 114 cm³/mol. The van der Waals surface area contributed by atoms with Gasteiger partial charge < -0.3 is 24.6 Å². The molecule has 1 aromatic carbocycles. The Morgan fingerprint density at radius 1 is 1.28 bits per heavy atom. The number of ether oxygens (including phenoxy) is 2. The predicted octanol–water partition coefficient (Wildman–Crippen LogP) is 2.72. The molecule has 2 heterocycles. The van der Waals surface area contributed by atoms with Crippen LogP contribution < -0.4 is 5.32 Å². The summed E-state index contributed by atoms with van der Waals surface area (Å²) in [7, 11) is 0. The van der Waals surface area contributed by atoms with Crippen LogP contribution in [0.1, 0.15) is 33.3 Å². The summed E-state index contributed by atoms with van der Waals surface area (Å²) in [5.74, 6) is 1.32. The Hall–Kier alpha value is -2.28. The summed E-state index contributed by atoms with van der Waals surface area (Å²) in [6.07, 6.45) is -0.234. The lowest BCUT2D eigenvalue weighted by molar-refractivity contribution is 0.0137. The molecule has 0 bridgehead atoms. The molecular formula is C22H34N4O3. The molecule has 29 heavy (non-hydrogen) atoms. The molecule has 0 aromatic heterocycles. The molecule has 0 saturated carbocycles. The maximum atomic E-state index is 12.3. The van der Waals surface area contributed by atoms with Gasteiger partial charge >= 0.3 is 6.09 Å². The number of benzene rings is 1. The first-order valence-electron chi connectivity index (χ1n) is 10.5. The van der Waals surface area contributed by atoms with Crippen LogP contribution in [0.4, 0.5) is 4.79 Å². The number of guanidine groups is 1. The average Bonchev–Trinajstić information content (AvgIpc) is 3.08. The number of carbonyl (C=O) groups excluding carboxylic acids is 1. The van der Waals surface area contributed by atoms with Crippen LogP contribution in [0.15, 0.2) is 35.3 Å². The van der Waals surface area contributed by atoms with Gasteiger partial charge in [-0.2, -0.15) is 0 Å². The highest BCUT2D eigenvalue weighted by molar-refractivity contribution is 5.82. The SMILES string of the molecule is CC(CNC1=NCC2CN(C(=O)OC(C)(C)C)CCN12)COCc1ccccc1. The van der Waals surface area contributed by atoms with Gasteiger partial charge in [0, 0.05) is 26.2 Å². The van der Waals surface area contributed by atoms with Crippen molar-refractivity contribution in [3.63, 3.8) is 0 Å². The van der Waals surface area contributed by atoms with E-state index in [2.05, 4.69) is 34.3 Å². The lowest BCUT2D eigenvalue weighted by Gasteiger charge is -2.39. The van der Waals surface area contributed by atoms with Crippen LogP contribution in [-0.2, 0) is 16.1 Å². The van der Waals surface area contributed by atoms with Gasteiger partial charge in [-0.25, -0.2) is 4.79 Å². The quantitative estimate of drug-likeness (QED) is 0.793. The Kier molecular flexibility index (Phi) is 7.00. The Labute approximate surface area is 174 Å². The number of piperazine rings is 1. The summed E-state index contributed by atoms with van der Waals surface area (Å²) in [4.78, 5) is 21.1. The second kappa shape index (κ2) is 9.48. The molecule has 1 amide bonds. The van der Waals surface area contributed by atoms with Gasteiger partial charge in [0.25, 0.3) is 0 Å². The second-order valence-electron chi connectivity index (χ2n) is 8.92. The number of nitrogens with one attached hydrogen (secondary N) is 1. The van der Waals surface area contributed by atoms with Crippen molar-refractivity contribution in [3.05, 3.63) is 35.9 Å². The molecule has 1 fully saturated rings. The first-order chi connectivity index (χ1) is 13.8. The summed E-state index contributed by atoms with van der Waals surface area (Å²) in [5, 5.41) is 3.47. The molecule has 2 atom stereocenters. The molecule has 2 aliphatic heterocycles. The molecule has 7 nitrogen and oxygen atoms in total. The molecule has 160 valence electrons. The summed E-state index contributed by atoms with van der Waals surface area (Å²) in [6.45, 7) is 12.8. The van der Waals surface area contributed by atoms with Crippen molar-refractivity contribution in [2.45, 2.75) is 45.9 Å². The van der Waals surface area contributed by atoms with Gasteiger partial charge in [-0.05, 0) is 32.3 Å². The maximum Gasteiger partial charge on any atom is 0.410 e. The van der Waals surface area contributed by atoms with Crippen molar-refractivity contribution in [1.82, 2.24) is 15.1 Å². The normalized spacial score (nSPS) is 20.1. The summed E-state index contributed by atoms with van der Waals surface area (Å²) in [6, 6.07) is 10.4. The summed E-state index contributed by atoms with van der Waals surface area (Å²) < 4.78 is 11.3. The molecule has 1 N–H and O–H groups in total. The number of nitrogens with zero attached hydrogens (tertiary/aromatic N) is 3. The number of carbonyl (C=O) groups is 1. The van der Waals surface area contributed by atoms with E-state index in [1.807, 2.05) is 39.0 Å². The maximum absolute atomic E-state index is 12.3. The number of amides is 1. The van der Waals surface area contributed by atoms with Crippen LogP contribution in [0.3, 0.4) is 0 Å². The van der Waals surface area contributed by atoms with Gasteiger partial charge in [-0.3, -0.25) is 4.99 Å². The zero-order chi connectivity index (χ0) is 20.9. The van der Waals surface area contributed by atoms with Crippen molar-refractivity contribution in [1.29, 1.82) is 0 Å². The molecule has 0 aliphatic carbocycles. The van der Waals surface area contributed by atoms with Crippen molar-refractivity contribution in [2.75, 3.05) is 39.3 Å². The molecule has 1 saturated heterocycles. The number of hydrogen-bond acceptors (Lipinski definition) is 6. The van der Waals surface area contributed by atoms with E-state index in [9.17, 15) is 4.79 Å². The van der Waals surface area contributed by atoms with Crippen molar-refractivity contribution in [3.8, 4) is 0 Å². The van der Waals surface area contributed by atoms with E-state index in [1.54, 1.807) is 4.90 Å². The first kappa shape index (κ1) is 21.4. The van der Waals surface area contributed by atoms with Crippen molar-refractivity contribution in [2.24, 2.45) is 10.9 Å². The Morgan fingerprint density at radius 3 is 2.76 bits per heavy atom. The van der Waals surface area contributed by atoms with Crippen LogP contribution in [0, 0.1) is 5.92 Å². The third-order valence-electron chi connectivity index (χ3n) is 4.98. The minimum Gasteiger partial charge on any atom is -0.444 e.